The van der Waals surface area contributed by atoms with E-state index in [0.717, 1.165) is 34.3 Å². The average molecular weight is 297 g/mol. The van der Waals surface area contributed by atoms with Gasteiger partial charge in [0.1, 0.15) is 0 Å². The number of nitrogens with one attached hydrogen (secondary N) is 1. The molecule has 4 fully saturated rings. The molecule has 4 heteroatoms. The molecule has 108 valence electrons. The molecule has 6 rings (SSSR count). The molecule has 0 amide bonds. The van der Waals surface area contributed by atoms with Gasteiger partial charge in [0.2, 0.25) is 5.13 Å². The first kappa shape index (κ1) is 12.2. The van der Waals surface area contributed by atoms with E-state index in [4.69, 9.17) is 5.10 Å². The van der Waals surface area contributed by atoms with Crippen molar-refractivity contribution in [1.82, 2.24) is 4.98 Å². The molecule has 2 aromatic rings. The van der Waals surface area contributed by atoms with Crippen molar-refractivity contribution in [1.29, 1.82) is 0 Å². The van der Waals surface area contributed by atoms with Gasteiger partial charge in [0.05, 0.1) is 10.2 Å². The Kier molecular flexibility index (Phi) is 2.63. The standard InChI is InChI=1S/C17H19N3S/c1-2-4-15-14(3-1)18-17(21-15)20-19-16-12-6-10-5-11(8-12)9-13(16)7-10/h1-4,10-13H,5-9H2,(H,18,20). The molecular weight excluding hydrogens is 278 g/mol. The van der Waals surface area contributed by atoms with Crippen LogP contribution in [0.5, 0.6) is 0 Å². The minimum absolute atomic E-state index is 0.753. The third kappa shape index (κ3) is 2.00. The topological polar surface area (TPSA) is 37.3 Å². The van der Waals surface area contributed by atoms with Crippen LogP contribution in [0.4, 0.5) is 5.13 Å². The van der Waals surface area contributed by atoms with Crippen molar-refractivity contribution in [2.45, 2.75) is 32.1 Å². The molecular formula is C17H19N3S. The van der Waals surface area contributed by atoms with E-state index in [1.165, 1.54) is 42.5 Å². The lowest BCUT2D eigenvalue weighted by Crippen LogP contribution is -2.45. The minimum atomic E-state index is 0.753. The van der Waals surface area contributed by atoms with Gasteiger partial charge in [-0.25, -0.2) is 4.98 Å². The summed E-state index contributed by atoms with van der Waals surface area (Å²) in [6.07, 6.45) is 7.02. The summed E-state index contributed by atoms with van der Waals surface area (Å²) in [5, 5.41) is 5.73. The molecule has 4 saturated carbocycles. The maximum Gasteiger partial charge on any atom is 0.204 e. The van der Waals surface area contributed by atoms with Gasteiger partial charge < -0.3 is 0 Å². The molecule has 0 saturated heterocycles. The third-order valence-electron chi connectivity index (χ3n) is 5.55. The minimum Gasteiger partial charge on any atom is -0.253 e. The summed E-state index contributed by atoms with van der Waals surface area (Å²) in [5.41, 5.74) is 5.77. The summed E-state index contributed by atoms with van der Waals surface area (Å²) in [7, 11) is 0. The van der Waals surface area contributed by atoms with Crippen LogP contribution in [-0.4, -0.2) is 10.7 Å². The van der Waals surface area contributed by atoms with Crippen LogP contribution in [0.2, 0.25) is 0 Å². The van der Waals surface area contributed by atoms with Crippen LogP contribution in [0.25, 0.3) is 10.2 Å². The van der Waals surface area contributed by atoms with Crippen LogP contribution < -0.4 is 5.43 Å². The number of anilines is 1. The molecule has 1 heterocycles. The number of hydrogen-bond donors (Lipinski definition) is 1. The lowest BCUT2D eigenvalue weighted by molar-refractivity contribution is 0.108. The summed E-state index contributed by atoms with van der Waals surface area (Å²) in [6.45, 7) is 0. The van der Waals surface area contributed by atoms with Crippen LogP contribution in [0.15, 0.2) is 29.4 Å². The van der Waals surface area contributed by atoms with Gasteiger partial charge in [0.25, 0.3) is 0 Å². The molecule has 1 N–H and O–H groups in total. The molecule has 0 spiro atoms. The molecule has 4 bridgehead atoms. The second-order valence-electron chi connectivity index (χ2n) is 6.94. The van der Waals surface area contributed by atoms with Crippen molar-refractivity contribution in [3.8, 4) is 0 Å². The Morgan fingerprint density at radius 1 is 1.00 bits per heavy atom. The number of thiazole rings is 1. The van der Waals surface area contributed by atoms with Gasteiger partial charge in [-0.05, 0) is 67.9 Å². The maximum atomic E-state index is 4.80. The largest absolute Gasteiger partial charge is 0.253 e. The molecule has 0 radical (unpaired) electrons. The summed E-state index contributed by atoms with van der Waals surface area (Å²) in [6, 6.07) is 8.28. The van der Waals surface area contributed by atoms with E-state index in [9.17, 15) is 0 Å². The Morgan fingerprint density at radius 3 is 2.43 bits per heavy atom. The number of para-hydroxylation sites is 1. The van der Waals surface area contributed by atoms with Gasteiger partial charge in [0.15, 0.2) is 0 Å². The zero-order valence-corrected chi connectivity index (χ0v) is 12.8. The van der Waals surface area contributed by atoms with Crippen molar-refractivity contribution < 1.29 is 0 Å². The highest BCUT2D eigenvalue weighted by Crippen LogP contribution is 2.52. The highest BCUT2D eigenvalue weighted by Gasteiger charge is 2.46. The highest BCUT2D eigenvalue weighted by atomic mass is 32.1. The molecule has 0 atom stereocenters. The smallest absolute Gasteiger partial charge is 0.204 e. The van der Waals surface area contributed by atoms with Crippen LogP contribution >= 0.6 is 11.3 Å². The zero-order valence-electron chi connectivity index (χ0n) is 12.0. The number of hydrazone groups is 1. The highest BCUT2D eigenvalue weighted by molar-refractivity contribution is 7.22. The molecule has 3 nitrogen and oxygen atoms in total. The van der Waals surface area contributed by atoms with Crippen LogP contribution in [0, 0.1) is 23.7 Å². The number of benzene rings is 1. The first-order valence-electron chi connectivity index (χ1n) is 8.04. The second-order valence-corrected chi connectivity index (χ2v) is 7.97. The van der Waals surface area contributed by atoms with Crippen molar-refractivity contribution in [3.05, 3.63) is 24.3 Å². The Balaban J connectivity index is 1.41. The molecule has 0 unspecified atom stereocenters. The van der Waals surface area contributed by atoms with Crippen LogP contribution in [0.3, 0.4) is 0 Å². The number of hydrogen-bond acceptors (Lipinski definition) is 4. The third-order valence-corrected chi connectivity index (χ3v) is 6.49. The summed E-state index contributed by atoms with van der Waals surface area (Å²) in [4.78, 5) is 4.62. The van der Waals surface area contributed by atoms with Gasteiger partial charge in [0, 0.05) is 5.71 Å². The molecule has 4 aliphatic carbocycles. The van der Waals surface area contributed by atoms with Crippen molar-refractivity contribution >= 4 is 32.4 Å². The fraction of sp³-hybridized carbons (Fsp3) is 0.529. The number of rotatable bonds is 2. The van der Waals surface area contributed by atoms with Gasteiger partial charge in [-0.15, -0.1) is 0 Å². The van der Waals surface area contributed by atoms with E-state index >= 15 is 0 Å². The van der Waals surface area contributed by atoms with Crippen molar-refractivity contribution in [3.63, 3.8) is 0 Å². The normalized spacial score (nSPS) is 33.6. The van der Waals surface area contributed by atoms with Crippen LogP contribution in [-0.2, 0) is 0 Å². The van der Waals surface area contributed by atoms with E-state index in [-0.39, 0.29) is 0 Å². The molecule has 21 heavy (non-hydrogen) atoms. The molecule has 4 aliphatic rings. The Labute approximate surface area is 128 Å². The molecule has 1 aromatic carbocycles. The fourth-order valence-corrected chi connectivity index (χ4v) is 5.69. The first-order valence-corrected chi connectivity index (χ1v) is 8.86. The van der Waals surface area contributed by atoms with Gasteiger partial charge in [-0.1, -0.05) is 23.5 Å². The van der Waals surface area contributed by atoms with E-state index in [0.29, 0.717) is 0 Å². The Bertz CT molecular complexity index is 655. The number of nitrogens with zero attached hydrogens (tertiary/aromatic N) is 2. The van der Waals surface area contributed by atoms with Crippen molar-refractivity contribution in [2.24, 2.45) is 28.8 Å². The zero-order chi connectivity index (χ0) is 13.8. The lowest BCUT2D eigenvalue weighted by Gasteiger charge is -2.50. The lowest BCUT2D eigenvalue weighted by atomic mass is 9.55. The number of aromatic nitrogens is 1. The summed E-state index contributed by atoms with van der Waals surface area (Å²) in [5.74, 6) is 3.49. The monoisotopic (exact) mass is 297 g/mol. The second kappa shape index (κ2) is 4.54. The fourth-order valence-electron chi connectivity index (χ4n) is 4.88. The van der Waals surface area contributed by atoms with E-state index in [1.807, 2.05) is 6.07 Å². The predicted octanol–water partition coefficient (Wildman–Crippen LogP) is 4.52. The SMILES string of the molecule is c1ccc2sc(NN=C3C4CC5CC(C4)CC3C5)nc2c1. The number of fused-ring (bicyclic) bond motifs is 1. The van der Waals surface area contributed by atoms with Gasteiger partial charge >= 0.3 is 0 Å². The quantitative estimate of drug-likeness (QED) is 0.827. The molecule has 1 aromatic heterocycles. The van der Waals surface area contributed by atoms with Gasteiger partial charge in [-0.3, -0.25) is 5.43 Å². The Morgan fingerprint density at radius 2 is 1.71 bits per heavy atom. The first-order chi connectivity index (χ1) is 10.3. The van der Waals surface area contributed by atoms with Gasteiger partial charge in [-0.2, -0.15) is 5.10 Å². The van der Waals surface area contributed by atoms with Crippen LogP contribution in [0.1, 0.15) is 32.1 Å². The maximum absolute atomic E-state index is 4.80. The van der Waals surface area contributed by atoms with E-state index in [1.54, 1.807) is 11.3 Å². The summed E-state index contributed by atoms with van der Waals surface area (Å²) >= 11 is 1.69. The van der Waals surface area contributed by atoms with E-state index < -0.39 is 0 Å². The molecule has 0 aliphatic heterocycles. The average Bonchev–Trinajstić information content (AvgIpc) is 2.88. The Hall–Kier alpha value is -1.42. The van der Waals surface area contributed by atoms with Crippen molar-refractivity contribution in [2.75, 3.05) is 5.43 Å². The summed E-state index contributed by atoms with van der Waals surface area (Å²) < 4.78 is 1.23. The predicted molar refractivity (Wildman–Crippen MR) is 87.7 cm³/mol. The van der Waals surface area contributed by atoms with E-state index in [2.05, 4.69) is 28.6 Å².